The minimum Gasteiger partial charge on any atom is -0.466 e. The average molecular weight is 513 g/mol. The molecule has 0 aliphatic heterocycles. The summed E-state index contributed by atoms with van der Waals surface area (Å²) in [7, 11) is 0. The summed E-state index contributed by atoms with van der Waals surface area (Å²) in [6.45, 7) is 16.1. The van der Waals surface area contributed by atoms with Crippen molar-refractivity contribution in [2.24, 2.45) is 40.4 Å². The predicted molar refractivity (Wildman–Crippen MR) is 140 cm³/mol. The Morgan fingerprint density at radius 1 is 1.14 bits per heavy atom. The Kier molecular flexibility index (Phi) is 7.24. The quantitative estimate of drug-likeness (QED) is 0.373. The fourth-order valence-electron chi connectivity index (χ4n) is 8.47. The summed E-state index contributed by atoms with van der Waals surface area (Å²) >= 11 is 0. The van der Waals surface area contributed by atoms with Crippen molar-refractivity contribution in [1.82, 2.24) is 0 Å². The Bertz CT molecular complexity index is 1070. The van der Waals surface area contributed by atoms with Gasteiger partial charge in [-0.3, -0.25) is 19.2 Å². The summed E-state index contributed by atoms with van der Waals surface area (Å²) in [6, 6.07) is 0. The SMILES string of the molecule is C=C(CC[C@@H](C)[C@H]1CC[C@@]2(O)C3=C(C(=O)C[C@]12C)[C@@]1(C)CCC(=O)[C@@H](C)[C@@H]1CC3=O)C(C)C(=O)OCC. The fraction of sp³-hybridized carbons (Fsp3) is 0.742. The van der Waals surface area contributed by atoms with Crippen LogP contribution in [-0.2, 0) is 23.9 Å². The Morgan fingerprint density at radius 2 is 1.81 bits per heavy atom. The van der Waals surface area contributed by atoms with Gasteiger partial charge in [-0.15, -0.1) is 0 Å². The molecule has 1 N–H and O–H groups in total. The van der Waals surface area contributed by atoms with Crippen LogP contribution in [0.3, 0.4) is 0 Å². The minimum absolute atomic E-state index is 0.0243. The molecule has 8 atom stereocenters. The number of fused-ring (bicyclic) bond motifs is 4. The number of allylic oxidation sites excluding steroid dienone is 1. The van der Waals surface area contributed by atoms with E-state index >= 15 is 0 Å². The van der Waals surface area contributed by atoms with E-state index in [-0.39, 0.29) is 65.8 Å². The summed E-state index contributed by atoms with van der Waals surface area (Å²) in [6.07, 6.45) is 4.06. The molecule has 0 saturated heterocycles. The third-order valence-corrected chi connectivity index (χ3v) is 11.0. The zero-order valence-corrected chi connectivity index (χ0v) is 23.4. The van der Waals surface area contributed by atoms with Gasteiger partial charge in [0.2, 0.25) is 0 Å². The van der Waals surface area contributed by atoms with Crippen LogP contribution in [0.4, 0.5) is 0 Å². The van der Waals surface area contributed by atoms with Gasteiger partial charge in [0, 0.05) is 47.2 Å². The first kappa shape index (κ1) is 27.9. The van der Waals surface area contributed by atoms with E-state index in [1.165, 1.54) is 0 Å². The number of ether oxygens (including phenoxy) is 1. The molecular weight excluding hydrogens is 468 g/mol. The Labute approximate surface area is 221 Å². The lowest BCUT2D eigenvalue weighted by molar-refractivity contribution is -0.146. The van der Waals surface area contributed by atoms with Crippen molar-refractivity contribution in [1.29, 1.82) is 0 Å². The van der Waals surface area contributed by atoms with E-state index in [1.54, 1.807) is 6.92 Å². The van der Waals surface area contributed by atoms with Crippen LogP contribution in [0.1, 0.15) is 92.9 Å². The number of aliphatic hydroxyl groups is 1. The highest BCUT2D eigenvalue weighted by Gasteiger charge is 2.67. The van der Waals surface area contributed by atoms with Crippen molar-refractivity contribution in [2.75, 3.05) is 6.61 Å². The second-order valence-electron chi connectivity index (χ2n) is 12.8. The monoisotopic (exact) mass is 512 g/mol. The van der Waals surface area contributed by atoms with E-state index in [0.717, 1.165) is 18.4 Å². The van der Waals surface area contributed by atoms with Gasteiger partial charge in [-0.25, -0.2) is 0 Å². The number of ketones is 3. The van der Waals surface area contributed by atoms with Gasteiger partial charge < -0.3 is 9.84 Å². The van der Waals surface area contributed by atoms with Crippen LogP contribution in [0.25, 0.3) is 0 Å². The molecular formula is C31H44O6. The topological polar surface area (TPSA) is 97.7 Å². The first-order valence-electron chi connectivity index (χ1n) is 14.1. The molecule has 1 unspecified atom stereocenters. The fourth-order valence-corrected chi connectivity index (χ4v) is 8.47. The molecule has 0 heterocycles. The maximum Gasteiger partial charge on any atom is 0.312 e. The second kappa shape index (κ2) is 9.59. The lowest BCUT2D eigenvalue weighted by atomic mass is 9.47. The third kappa shape index (κ3) is 4.09. The van der Waals surface area contributed by atoms with E-state index in [0.29, 0.717) is 43.4 Å². The van der Waals surface area contributed by atoms with Gasteiger partial charge >= 0.3 is 5.97 Å². The van der Waals surface area contributed by atoms with Crippen molar-refractivity contribution in [3.8, 4) is 0 Å². The number of rotatable bonds is 7. The molecule has 0 aromatic carbocycles. The van der Waals surface area contributed by atoms with Crippen LogP contribution in [0.15, 0.2) is 23.3 Å². The number of Topliss-reactive ketones (excluding diaryl/α,β-unsaturated/α-hetero) is 3. The molecule has 4 aliphatic carbocycles. The van der Waals surface area contributed by atoms with E-state index in [4.69, 9.17) is 4.74 Å². The minimum atomic E-state index is -1.33. The van der Waals surface area contributed by atoms with E-state index in [1.807, 2.05) is 27.7 Å². The summed E-state index contributed by atoms with van der Waals surface area (Å²) < 4.78 is 5.14. The van der Waals surface area contributed by atoms with Gasteiger partial charge in [-0.1, -0.05) is 39.8 Å². The number of esters is 1. The molecule has 6 nitrogen and oxygen atoms in total. The molecule has 4 rings (SSSR count). The van der Waals surface area contributed by atoms with Crippen molar-refractivity contribution >= 4 is 23.3 Å². The highest BCUT2D eigenvalue weighted by molar-refractivity contribution is 6.12. The zero-order chi connectivity index (χ0) is 27.5. The maximum atomic E-state index is 13.9. The molecule has 2 saturated carbocycles. The summed E-state index contributed by atoms with van der Waals surface area (Å²) in [5, 5.41) is 12.3. The van der Waals surface area contributed by atoms with Gasteiger partial charge in [-0.05, 0) is 63.7 Å². The largest absolute Gasteiger partial charge is 0.466 e. The maximum absolute atomic E-state index is 13.9. The van der Waals surface area contributed by atoms with E-state index < -0.39 is 16.4 Å². The number of hydrogen-bond donors (Lipinski definition) is 1. The van der Waals surface area contributed by atoms with Crippen LogP contribution in [-0.4, -0.2) is 40.6 Å². The summed E-state index contributed by atoms with van der Waals surface area (Å²) in [4.78, 5) is 52.2. The number of carbonyl (C=O) groups excluding carboxylic acids is 4. The van der Waals surface area contributed by atoms with E-state index in [9.17, 15) is 24.3 Å². The molecule has 0 spiro atoms. The molecule has 0 aromatic rings. The number of hydrogen-bond acceptors (Lipinski definition) is 6. The molecule has 0 amide bonds. The Hall–Kier alpha value is -2.08. The molecule has 37 heavy (non-hydrogen) atoms. The molecule has 0 radical (unpaired) electrons. The van der Waals surface area contributed by atoms with Crippen LogP contribution in [0.5, 0.6) is 0 Å². The molecule has 0 aromatic heterocycles. The summed E-state index contributed by atoms with van der Waals surface area (Å²) in [5.74, 6) is -0.837. The van der Waals surface area contributed by atoms with Crippen LogP contribution in [0, 0.1) is 40.4 Å². The van der Waals surface area contributed by atoms with Crippen molar-refractivity contribution in [2.45, 2.75) is 98.5 Å². The molecule has 2 fully saturated rings. The molecule has 204 valence electrons. The first-order chi connectivity index (χ1) is 17.2. The third-order valence-electron chi connectivity index (χ3n) is 11.0. The molecule has 6 heteroatoms. The van der Waals surface area contributed by atoms with Gasteiger partial charge in [0.25, 0.3) is 0 Å². The van der Waals surface area contributed by atoms with E-state index in [2.05, 4.69) is 13.5 Å². The van der Waals surface area contributed by atoms with Gasteiger partial charge in [0.05, 0.1) is 18.1 Å². The molecule has 0 bridgehead atoms. The van der Waals surface area contributed by atoms with Crippen molar-refractivity contribution in [3.63, 3.8) is 0 Å². The normalized spacial score (nSPS) is 39.0. The van der Waals surface area contributed by atoms with Gasteiger partial charge in [-0.2, -0.15) is 0 Å². The van der Waals surface area contributed by atoms with Crippen molar-refractivity contribution in [3.05, 3.63) is 23.3 Å². The van der Waals surface area contributed by atoms with Gasteiger partial charge in [0.15, 0.2) is 11.6 Å². The van der Waals surface area contributed by atoms with Crippen LogP contribution >= 0.6 is 0 Å². The Balaban J connectivity index is 1.61. The molecule has 4 aliphatic rings. The van der Waals surface area contributed by atoms with Crippen LogP contribution in [0.2, 0.25) is 0 Å². The predicted octanol–water partition coefficient (Wildman–Crippen LogP) is 5.17. The lowest BCUT2D eigenvalue weighted by Gasteiger charge is -2.56. The lowest BCUT2D eigenvalue weighted by Crippen LogP contribution is -2.59. The first-order valence-corrected chi connectivity index (χ1v) is 14.1. The average Bonchev–Trinajstić information content (AvgIpc) is 3.11. The Morgan fingerprint density at radius 3 is 2.46 bits per heavy atom. The summed E-state index contributed by atoms with van der Waals surface area (Å²) in [5.41, 5.74) is -0.892. The van der Waals surface area contributed by atoms with Gasteiger partial charge in [0.1, 0.15) is 5.78 Å². The zero-order valence-electron chi connectivity index (χ0n) is 23.4. The standard InChI is InChI=1S/C31H44O6/c1-8-37-28(35)19(4)17(2)9-10-18(3)21-11-14-31(36)27-24(33)15-22-20(5)23(32)12-13-29(22,6)26(27)25(34)16-30(21,31)7/h18-22,36H,2,8-16H2,1,3-7H3/t18-,19?,20+,21-,22+,29+,30-,31-/m1/s1. The highest BCUT2D eigenvalue weighted by Crippen LogP contribution is 2.66. The highest BCUT2D eigenvalue weighted by atomic mass is 16.5. The van der Waals surface area contributed by atoms with Crippen LogP contribution < -0.4 is 0 Å². The smallest absolute Gasteiger partial charge is 0.312 e. The number of carbonyl (C=O) groups is 4. The van der Waals surface area contributed by atoms with Crippen molar-refractivity contribution < 1.29 is 29.0 Å². The second-order valence-corrected chi connectivity index (χ2v) is 12.8.